The number of carbonyl (C=O) groups is 2. The first-order valence-electron chi connectivity index (χ1n) is 12.7. The highest BCUT2D eigenvalue weighted by atomic mass is 16.3. The molecule has 0 aliphatic rings. The van der Waals surface area contributed by atoms with Crippen molar-refractivity contribution >= 4 is 22.7 Å². The number of phenolic OH excluding ortho intramolecular Hbond substituents is 1. The summed E-state index contributed by atoms with van der Waals surface area (Å²) in [6.45, 7) is 12.5. The zero-order valence-electron chi connectivity index (χ0n) is 22.9. The third-order valence-electron chi connectivity index (χ3n) is 6.90. The molecule has 7 nitrogen and oxygen atoms in total. The number of nitrogens with two attached hydrogens (primary N) is 1. The van der Waals surface area contributed by atoms with Gasteiger partial charge in [-0.1, -0.05) is 65.8 Å². The van der Waals surface area contributed by atoms with Crippen molar-refractivity contribution in [1.29, 1.82) is 5.41 Å². The highest BCUT2D eigenvalue weighted by Gasteiger charge is 2.28. The number of aromatic hydroxyl groups is 1. The van der Waals surface area contributed by atoms with E-state index in [2.05, 4.69) is 0 Å². The number of rotatable bonds is 6. The van der Waals surface area contributed by atoms with Gasteiger partial charge in [0.05, 0.1) is 24.1 Å². The van der Waals surface area contributed by atoms with Crippen LogP contribution in [0.1, 0.15) is 78.9 Å². The highest BCUT2D eigenvalue weighted by Crippen LogP contribution is 2.40. The van der Waals surface area contributed by atoms with Crippen molar-refractivity contribution < 1.29 is 14.7 Å². The minimum absolute atomic E-state index is 0.00903. The minimum Gasteiger partial charge on any atom is -0.507 e. The van der Waals surface area contributed by atoms with Gasteiger partial charge in [-0.2, -0.15) is 0 Å². The molecule has 198 valence electrons. The first-order valence-corrected chi connectivity index (χ1v) is 12.7. The van der Waals surface area contributed by atoms with E-state index in [1.807, 2.05) is 82.5 Å². The molecule has 1 amide bonds. The monoisotopic (exact) mass is 512 g/mol. The van der Waals surface area contributed by atoms with Gasteiger partial charge in [0.15, 0.2) is 5.78 Å². The lowest BCUT2D eigenvalue weighted by Gasteiger charge is -2.28. The number of phenols is 1. The molecule has 0 unspecified atom stereocenters. The Hall–Kier alpha value is -4.13. The van der Waals surface area contributed by atoms with Gasteiger partial charge in [-0.25, -0.2) is 0 Å². The number of primary amides is 1. The molecule has 0 radical (unpaired) electrons. The molecule has 0 bridgehead atoms. The third kappa shape index (κ3) is 5.14. The molecule has 0 aliphatic heterocycles. The van der Waals surface area contributed by atoms with Crippen LogP contribution in [0.3, 0.4) is 0 Å². The molecule has 7 heteroatoms. The van der Waals surface area contributed by atoms with Gasteiger partial charge in [0.25, 0.3) is 0 Å². The number of nitrogens with one attached hydrogen (secondary N) is 1. The van der Waals surface area contributed by atoms with Crippen LogP contribution in [-0.4, -0.2) is 25.9 Å². The van der Waals surface area contributed by atoms with E-state index in [9.17, 15) is 14.7 Å². The van der Waals surface area contributed by atoms with Gasteiger partial charge in [-0.15, -0.1) is 0 Å². The van der Waals surface area contributed by atoms with Crippen molar-refractivity contribution in [1.82, 2.24) is 9.13 Å². The summed E-state index contributed by atoms with van der Waals surface area (Å²) < 4.78 is 3.57. The number of benzene rings is 3. The molecular formula is C31H36N4O3. The van der Waals surface area contributed by atoms with Crippen LogP contribution in [0, 0.1) is 5.41 Å². The number of imidazole rings is 1. The number of ketones is 1. The van der Waals surface area contributed by atoms with Crippen LogP contribution >= 0.6 is 0 Å². The van der Waals surface area contributed by atoms with Gasteiger partial charge in [-0.3, -0.25) is 15.0 Å². The zero-order valence-corrected chi connectivity index (χ0v) is 22.9. The largest absolute Gasteiger partial charge is 0.507 e. The molecule has 0 atom stereocenters. The van der Waals surface area contributed by atoms with E-state index in [4.69, 9.17) is 11.1 Å². The molecule has 1 aromatic heterocycles. The number of carbonyl (C=O) groups excluding carboxylic acids is 2. The maximum atomic E-state index is 13.7. The molecule has 0 spiro atoms. The molecule has 0 saturated heterocycles. The quantitative estimate of drug-likeness (QED) is 0.306. The van der Waals surface area contributed by atoms with Gasteiger partial charge in [-0.05, 0) is 52.8 Å². The van der Waals surface area contributed by atoms with Crippen molar-refractivity contribution in [2.75, 3.05) is 0 Å². The van der Waals surface area contributed by atoms with Gasteiger partial charge < -0.3 is 20.0 Å². The van der Waals surface area contributed by atoms with Crippen LogP contribution in [-0.2, 0) is 23.9 Å². The number of nitrogens with zero attached hydrogens (tertiary/aromatic N) is 2. The molecule has 4 N–H and O–H groups in total. The van der Waals surface area contributed by atoms with Crippen LogP contribution in [0.4, 0.5) is 0 Å². The Morgan fingerprint density at radius 3 is 1.79 bits per heavy atom. The number of fused-ring (bicyclic) bond motifs is 1. The number of hydrogen-bond acceptors (Lipinski definition) is 4. The first-order chi connectivity index (χ1) is 17.7. The van der Waals surface area contributed by atoms with Crippen molar-refractivity contribution in [2.45, 2.75) is 65.5 Å². The van der Waals surface area contributed by atoms with Gasteiger partial charge in [0.1, 0.15) is 5.75 Å². The second-order valence-corrected chi connectivity index (χ2v) is 11.9. The predicted octanol–water partition coefficient (Wildman–Crippen LogP) is 5.25. The predicted molar refractivity (Wildman–Crippen MR) is 150 cm³/mol. The second-order valence-electron chi connectivity index (χ2n) is 11.9. The van der Waals surface area contributed by atoms with Crippen LogP contribution < -0.4 is 11.4 Å². The fraction of sp³-hybridized carbons (Fsp3) is 0.323. The summed E-state index contributed by atoms with van der Waals surface area (Å²) >= 11 is 0. The lowest BCUT2D eigenvalue weighted by molar-refractivity contribution is 0.0969. The summed E-state index contributed by atoms with van der Waals surface area (Å²) in [5.74, 6) is -0.387. The molecule has 3 aromatic carbocycles. The lowest BCUT2D eigenvalue weighted by Crippen LogP contribution is -2.28. The smallest absolute Gasteiger partial charge is 0.248 e. The molecule has 38 heavy (non-hydrogen) atoms. The molecule has 0 aliphatic carbocycles. The number of Topliss-reactive ketones (excluding diaryl/α,β-unsaturated/α-hetero) is 1. The summed E-state index contributed by atoms with van der Waals surface area (Å²) in [5.41, 5.74) is 9.78. The molecule has 0 saturated carbocycles. The summed E-state index contributed by atoms with van der Waals surface area (Å²) in [7, 11) is 0. The van der Waals surface area contributed by atoms with E-state index < -0.39 is 5.91 Å². The maximum Gasteiger partial charge on any atom is 0.248 e. The Morgan fingerprint density at radius 1 is 0.816 bits per heavy atom. The molecular weight excluding hydrogens is 476 g/mol. The van der Waals surface area contributed by atoms with E-state index in [-0.39, 0.29) is 34.5 Å². The summed E-state index contributed by atoms with van der Waals surface area (Å²) in [6, 6.07) is 18.2. The van der Waals surface area contributed by atoms with Crippen LogP contribution in [0.5, 0.6) is 5.75 Å². The average molecular weight is 513 g/mol. The zero-order chi connectivity index (χ0) is 28.0. The second kappa shape index (κ2) is 9.63. The fourth-order valence-electron chi connectivity index (χ4n) is 4.75. The Kier molecular flexibility index (Phi) is 6.82. The lowest BCUT2D eigenvalue weighted by atomic mass is 9.78. The van der Waals surface area contributed by atoms with Crippen molar-refractivity contribution in [3.63, 3.8) is 0 Å². The Labute approximate surface area is 223 Å². The Balaban J connectivity index is 1.77. The molecule has 4 rings (SSSR count). The summed E-state index contributed by atoms with van der Waals surface area (Å²) in [6.07, 6.45) is 0. The standard InChI is InChI=1S/C31H36N4O3/c1-30(2,3)22-15-21(16-23(27(22)37)31(4,5)6)26(36)18-35-25-10-8-7-9-24(25)34(29(35)33)17-19-11-13-20(14-12-19)28(32)38/h7-16,33,37H,17-18H2,1-6H3,(H2,32,38). The van der Waals surface area contributed by atoms with Gasteiger partial charge >= 0.3 is 0 Å². The van der Waals surface area contributed by atoms with E-state index in [1.165, 1.54) is 0 Å². The average Bonchev–Trinajstić information content (AvgIpc) is 3.09. The van der Waals surface area contributed by atoms with Crippen LogP contribution in [0.2, 0.25) is 0 Å². The van der Waals surface area contributed by atoms with Crippen molar-refractivity contribution in [3.05, 3.63) is 94.1 Å². The van der Waals surface area contributed by atoms with E-state index in [0.29, 0.717) is 17.7 Å². The van der Waals surface area contributed by atoms with E-state index in [1.54, 1.807) is 28.8 Å². The Morgan fingerprint density at radius 2 is 1.32 bits per heavy atom. The van der Waals surface area contributed by atoms with E-state index in [0.717, 1.165) is 27.7 Å². The number of hydrogen-bond donors (Lipinski definition) is 3. The van der Waals surface area contributed by atoms with Gasteiger partial charge in [0, 0.05) is 22.3 Å². The number of para-hydroxylation sites is 2. The van der Waals surface area contributed by atoms with Crippen LogP contribution in [0.15, 0.2) is 60.7 Å². The molecule has 4 aromatic rings. The molecule has 1 heterocycles. The minimum atomic E-state index is -0.487. The highest BCUT2D eigenvalue weighted by molar-refractivity contribution is 5.97. The topological polar surface area (TPSA) is 114 Å². The first kappa shape index (κ1) is 26.9. The summed E-state index contributed by atoms with van der Waals surface area (Å²) in [5, 5.41) is 20.0. The normalized spacial score (nSPS) is 12.2. The number of amides is 1. The summed E-state index contributed by atoms with van der Waals surface area (Å²) in [4.78, 5) is 25.1. The Bertz CT molecular complexity index is 1560. The maximum absolute atomic E-state index is 13.7. The van der Waals surface area contributed by atoms with Crippen molar-refractivity contribution in [2.24, 2.45) is 5.73 Å². The van der Waals surface area contributed by atoms with E-state index >= 15 is 0 Å². The number of aromatic nitrogens is 2. The fourth-order valence-corrected chi connectivity index (χ4v) is 4.75. The molecule has 0 fully saturated rings. The SMILES string of the molecule is CC(C)(C)c1cc(C(=O)Cn2c(=N)n(Cc3ccc(C(N)=O)cc3)c3ccccc32)cc(C(C)(C)C)c1O. The van der Waals surface area contributed by atoms with Crippen LogP contribution in [0.25, 0.3) is 11.0 Å². The third-order valence-corrected chi connectivity index (χ3v) is 6.90. The van der Waals surface area contributed by atoms with Crippen molar-refractivity contribution in [3.8, 4) is 5.75 Å². The van der Waals surface area contributed by atoms with Gasteiger partial charge in [0.2, 0.25) is 11.5 Å².